The minimum absolute atomic E-state index is 0.0110. The van der Waals surface area contributed by atoms with E-state index in [-0.39, 0.29) is 36.2 Å². The maximum Gasteiger partial charge on any atom is 0.408 e. The third-order valence-corrected chi connectivity index (χ3v) is 16.3. The Bertz CT molecular complexity index is 1660. The van der Waals surface area contributed by atoms with Crippen molar-refractivity contribution >= 4 is 24.1 Å². The van der Waals surface area contributed by atoms with E-state index in [4.69, 9.17) is 14.2 Å². The molecule has 0 saturated heterocycles. The topological polar surface area (TPSA) is 135 Å². The van der Waals surface area contributed by atoms with Crippen LogP contribution in [-0.2, 0) is 23.8 Å². The number of unbranched alkanes of at least 4 members (excludes halogenated alkanes) is 1. The Labute approximate surface area is 408 Å². The van der Waals surface area contributed by atoms with Gasteiger partial charge in [0, 0.05) is 43.4 Å². The number of carbonyl (C=O) groups is 4. The second kappa shape index (κ2) is 23.9. The van der Waals surface area contributed by atoms with Crippen LogP contribution >= 0.6 is 0 Å². The predicted octanol–water partition coefficient (Wildman–Crippen LogP) is 12.7. The fourth-order valence-corrected chi connectivity index (χ4v) is 12.7. The number of nitrogens with zero attached hydrogens (tertiary/aromatic N) is 1. The molecule has 0 aromatic heterocycles. The minimum Gasteiger partial charge on any atom is -0.462 e. The summed E-state index contributed by atoms with van der Waals surface area (Å²) in [4.78, 5) is 54.0. The highest BCUT2D eigenvalue weighted by molar-refractivity contribution is 5.77. The number of fused-ring (bicyclic) bond motifs is 5. The molecule has 0 spiro atoms. The van der Waals surface area contributed by atoms with Crippen molar-refractivity contribution in [3.63, 3.8) is 0 Å². The normalized spacial score (nSPS) is 26.9. The summed E-state index contributed by atoms with van der Waals surface area (Å²) in [5, 5.41) is 9.42. The lowest BCUT2D eigenvalue weighted by Gasteiger charge is -2.58. The van der Waals surface area contributed by atoms with Crippen molar-refractivity contribution in [2.24, 2.45) is 46.3 Å². The van der Waals surface area contributed by atoms with Gasteiger partial charge in [-0.3, -0.25) is 9.59 Å². The molecule has 4 aliphatic rings. The molecule has 0 heterocycles. The molecule has 3 fully saturated rings. The first kappa shape index (κ1) is 56.8. The van der Waals surface area contributed by atoms with Crippen LogP contribution in [0, 0.1) is 46.3 Å². The molecule has 4 rings (SSSR count). The molecule has 0 radical (unpaired) electrons. The number of ether oxygens (including phenoxy) is 3. The maximum atomic E-state index is 13.8. The van der Waals surface area contributed by atoms with Gasteiger partial charge in [0.2, 0.25) is 5.91 Å². The van der Waals surface area contributed by atoms with Gasteiger partial charge < -0.3 is 35.1 Å². The summed E-state index contributed by atoms with van der Waals surface area (Å²) < 4.78 is 17.1. The van der Waals surface area contributed by atoms with E-state index >= 15 is 0 Å². The van der Waals surface area contributed by atoms with Crippen molar-refractivity contribution < 1.29 is 33.4 Å². The lowest BCUT2D eigenvalue weighted by molar-refractivity contribution is -0.151. The van der Waals surface area contributed by atoms with Crippen LogP contribution in [0.25, 0.3) is 0 Å². The molecule has 11 nitrogen and oxygen atoms in total. The summed E-state index contributed by atoms with van der Waals surface area (Å²) in [6.45, 7) is 33.9. The van der Waals surface area contributed by atoms with Gasteiger partial charge in [-0.25, -0.2) is 9.59 Å². The smallest absolute Gasteiger partial charge is 0.408 e. The van der Waals surface area contributed by atoms with Crippen LogP contribution in [0.3, 0.4) is 0 Å². The predicted molar refractivity (Wildman–Crippen MR) is 272 cm³/mol. The van der Waals surface area contributed by atoms with Crippen molar-refractivity contribution in [2.75, 3.05) is 26.2 Å². The first-order valence-electron chi connectivity index (χ1n) is 26.9. The molecule has 1 unspecified atom stereocenters. The third kappa shape index (κ3) is 17.5. The van der Waals surface area contributed by atoms with E-state index in [9.17, 15) is 19.2 Å². The Morgan fingerprint density at radius 2 is 1.36 bits per heavy atom. The minimum atomic E-state index is -0.612. The van der Waals surface area contributed by atoms with Gasteiger partial charge in [0.15, 0.2) is 0 Å². The molecule has 0 aromatic rings. The molecule has 3 amide bonds. The SMILES string of the molecule is CC(C)CCCC(C)[C@H]1CC[C@H]2[C@@H]3CC=C4C[C@@H](OC(=O)CCCC(=O)N(CCCCNCCC(C)(C)NC(=O)OC(C)(C)C)CCC(C)(C)NC(=O)OC(C)(C)C)CC[C@]4(C)[C@H]3CC[C@]12C. The molecular weight excluding hydrogens is 841 g/mol. The van der Waals surface area contributed by atoms with Gasteiger partial charge >= 0.3 is 18.2 Å². The molecule has 11 heteroatoms. The van der Waals surface area contributed by atoms with E-state index < -0.39 is 34.5 Å². The molecule has 386 valence electrons. The number of rotatable bonds is 23. The zero-order chi connectivity index (χ0) is 50.0. The molecule has 4 aliphatic carbocycles. The summed E-state index contributed by atoms with van der Waals surface area (Å²) in [6.07, 6.45) is 19.1. The van der Waals surface area contributed by atoms with Gasteiger partial charge in [0.1, 0.15) is 17.3 Å². The molecule has 3 saturated carbocycles. The van der Waals surface area contributed by atoms with E-state index in [0.717, 1.165) is 87.1 Å². The zero-order valence-corrected chi connectivity index (χ0v) is 45.5. The molecular formula is C56H100N4O7. The van der Waals surface area contributed by atoms with Gasteiger partial charge in [-0.2, -0.15) is 0 Å². The first-order chi connectivity index (χ1) is 31.0. The van der Waals surface area contributed by atoms with E-state index in [1.54, 1.807) is 0 Å². The Hall–Kier alpha value is -2.82. The molecule has 0 bridgehead atoms. The molecule has 0 aromatic carbocycles. The highest BCUT2D eigenvalue weighted by atomic mass is 16.6. The van der Waals surface area contributed by atoms with Crippen LogP contribution in [0.1, 0.15) is 219 Å². The van der Waals surface area contributed by atoms with Crippen LogP contribution in [0.15, 0.2) is 11.6 Å². The van der Waals surface area contributed by atoms with Crippen LogP contribution in [0.4, 0.5) is 9.59 Å². The Morgan fingerprint density at radius 3 is 1.99 bits per heavy atom. The summed E-state index contributed by atoms with van der Waals surface area (Å²) >= 11 is 0. The Balaban J connectivity index is 1.25. The van der Waals surface area contributed by atoms with Gasteiger partial charge in [0.25, 0.3) is 0 Å². The number of alkyl carbamates (subject to hydrolysis) is 2. The fourth-order valence-electron chi connectivity index (χ4n) is 12.7. The molecule has 67 heavy (non-hydrogen) atoms. The quantitative estimate of drug-likeness (QED) is 0.0399. The second-order valence-electron chi connectivity index (χ2n) is 25.9. The summed E-state index contributed by atoms with van der Waals surface area (Å²) in [5.41, 5.74) is 0.0171. The number of esters is 1. The number of nitrogens with one attached hydrogen (secondary N) is 3. The number of hydrogen-bond donors (Lipinski definition) is 3. The monoisotopic (exact) mass is 941 g/mol. The van der Waals surface area contributed by atoms with E-state index in [1.165, 1.54) is 56.9 Å². The van der Waals surface area contributed by atoms with Gasteiger partial charge in [0.05, 0.1) is 0 Å². The molecule has 3 N–H and O–H groups in total. The van der Waals surface area contributed by atoms with Gasteiger partial charge in [-0.15, -0.1) is 0 Å². The van der Waals surface area contributed by atoms with Crippen LogP contribution < -0.4 is 16.0 Å². The second-order valence-corrected chi connectivity index (χ2v) is 25.9. The first-order valence-corrected chi connectivity index (χ1v) is 26.9. The summed E-state index contributed by atoms with van der Waals surface area (Å²) in [5.74, 6) is 4.62. The summed E-state index contributed by atoms with van der Waals surface area (Å²) in [7, 11) is 0. The van der Waals surface area contributed by atoms with E-state index in [2.05, 4.69) is 56.6 Å². The van der Waals surface area contributed by atoms with Crippen molar-refractivity contribution in [3.8, 4) is 0 Å². The van der Waals surface area contributed by atoms with Gasteiger partial charge in [-0.1, -0.05) is 65.5 Å². The van der Waals surface area contributed by atoms with Gasteiger partial charge in [-0.05, 0) is 206 Å². The maximum absolute atomic E-state index is 13.8. The van der Waals surface area contributed by atoms with E-state index in [0.29, 0.717) is 31.3 Å². The fraction of sp³-hybridized carbons (Fsp3) is 0.893. The van der Waals surface area contributed by atoms with Crippen molar-refractivity contribution in [3.05, 3.63) is 11.6 Å². The lowest BCUT2D eigenvalue weighted by Crippen LogP contribution is -2.51. The highest BCUT2D eigenvalue weighted by Gasteiger charge is 2.59. The zero-order valence-electron chi connectivity index (χ0n) is 45.5. The number of carbonyl (C=O) groups excluding carboxylic acids is 4. The Morgan fingerprint density at radius 1 is 0.716 bits per heavy atom. The van der Waals surface area contributed by atoms with Crippen molar-refractivity contribution in [1.29, 1.82) is 0 Å². The summed E-state index contributed by atoms with van der Waals surface area (Å²) in [6, 6.07) is 0. The number of hydrogen-bond acceptors (Lipinski definition) is 8. The van der Waals surface area contributed by atoms with Crippen LogP contribution in [0.2, 0.25) is 0 Å². The van der Waals surface area contributed by atoms with Crippen molar-refractivity contribution in [1.82, 2.24) is 20.9 Å². The largest absolute Gasteiger partial charge is 0.462 e. The third-order valence-electron chi connectivity index (χ3n) is 16.3. The van der Waals surface area contributed by atoms with E-state index in [1.807, 2.05) is 74.1 Å². The standard InChI is InChI=1S/C56H100N4O7/c1-39(2)20-18-21-40(3)44-26-27-45-43-25-24-41-38-42(28-30-55(41,14)46(43)29-31-56(44,45)15)65-48(62)23-19-22-47(61)60(37-33-54(12,13)59-50(64)67-52(7,8)9)36-17-16-34-57-35-32-53(10,11)58-49(63)66-51(4,5)6/h24,39-40,42-46,57H,16-23,25-38H2,1-15H3,(H,58,63)(H,59,64)/t40?,42-,43-,44+,45-,46-,55-,56+/m0/s1. The average molecular weight is 941 g/mol. The highest BCUT2D eigenvalue weighted by Crippen LogP contribution is 2.67. The molecule has 0 aliphatic heterocycles. The van der Waals surface area contributed by atoms with Crippen LogP contribution in [0.5, 0.6) is 0 Å². The molecule has 8 atom stereocenters. The number of amides is 3. The average Bonchev–Trinajstić information content (AvgIpc) is 3.53. The van der Waals surface area contributed by atoms with Crippen LogP contribution in [-0.4, -0.2) is 83.5 Å². The number of allylic oxidation sites excluding steroid dienone is 1. The van der Waals surface area contributed by atoms with Crippen molar-refractivity contribution in [2.45, 2.75) is 248 Å². The Kier molecular flexibility index (Phi) is 20.2. The lowest BCUT2D eigenvalue weighted by atomic mass is 9.47.